The van der Waals surface area contributed by atoms with Crippen LogP contribution < -0.4 is 0 Å². The summed E-state index contributed by atoms with van der Waals surface area (Å²) in [5.74, 6) is 1.46. The number of aliphatic carboxylic acids is 1. The van der Waals surface area contributed by atoms with Crippen molar-refractivity contribution in [1.29, 1.82) is 0 Å². The standard InChI is InChI=1S/C37H59NO8.CH4O.H2/c1-22(39)44-32(34(4,5)42)26-9-7-24-27(45-26)19-25-23-8-10-28-33(2,3)29(46-31-20-38(17-18-43-31)16-12-30(40)41)11-13-37(28)21-36(23,37)15-14-35(24,25)6;1-2;/h23-29,31-32,42H,7-21H2,1-6H3,(H,40,41);2H,1H3;1H/t23?,24?,25?,26?,27?,28?,29-,31?,32-,35?,36-,37?;;/m0../s1. The highest BCUT2D eigenvalue weighted by atomic mass is 16.7. The SMILES string of the molecule is CC(=O)O[C@@H](C1CCC2C(CC3C4CCC5C(C)(C)[C@@H](OC6CN(CCC(=O)O)CCO6)CCC56C[C@@]46CCC23C)O1)C(C)(C)O.CO.[HH]. The zero-order chi connectivity index (χ0) is 34.9. The molecule has 7 aliphatic rings. The first kappa shape index (κ1) is 36.5. The van der Waals surface area contributed by atoms with Crippen LogP contribution in [0.25, 0.3) is 0 Å². The number of aliphatic hydroxyl groups excluding tert-OH is 1. The van der Waals surface area contributed by atoms with Crippen LogP contribution in [0, 0.1) is 45.3 Å². The number of aliphatic hydroxyl groups is 2. The zero-order valence-electron chi connectivity index (χ0n) is 30.5. The average Bonchev–Trinajstić information content (AvgIpc) is 3.60. The molecule has 7 fully saturated rings. The van der Waals surface area contributed by atoms with Crippen molar-refractivity contribution in [3.63, 3.8) is 0 Å². The van der Waals surface area contributed by atoms with Crippen molar-refractivity contribution in [2.45, 2.75) is 148 Å². The Labute approximate surface area is 289 Å². The molecular formula is C38H65NO9. The van der Waals surface area contributed by atoms with E-state index in [4.69, 9.17) is 29.2 Å². The molecule has 5 saturated carbocycles. The molecule has 2 saturated heterocycles. The van der Waals surface area contributed by atoms with Crippen molar-refractivity contribution in [2.75, 3.05) is 33.4 Å². The number of ether oxygens (including phenoxy) is 4. The van der Waals surface area contributed by atoms with Crippen LogP contribution >= 0.6 is 0 Å². The minimum Gasteiger partial charge on any atom is -0.481 e. The lowest BCUT2D eigenvalue weighted by Gasteiger charge is -2.60. The summed E-state index contributed by atoms with van der Waals surface area (Å²) in [5.41, 5.74) is 0.0502. The van der Waals surface area contributed by atoms with Gasteiger partial charge in [0.05, 0.1) is 36.9 Å². The first-order chi connectivity index (χ1) is 22.6. The van der Waals surface area contributed by atoms with E-state index in [0.717, 1.165) is 45.3 Å². The van der Waals surface area contributed by atoms with Gasteiger partial charge in [-0.25, -0.2) is 0 Å². The fourth-order valence-corrected chi connectivity index (χ4v) is 13.0. The lowest BCUT2D eigenvalue weighted by molar-refractivity contribution is -0.245. The molecule has 0 amide bonds. The van der Waals surface area contributed by atoms with Gasteiger partial charge >= 0.3 is 11.9 Å². The van der Waals surface area contributed by atoms with Crippen molar-refractivity contribution in [3.05, 3.63) is 0 Å². The molecule has 9 unspecified atom stereocenters. The number of carboxylic acids is 1. The van der Waals surface area contributed by atoms with Gasteiger partial charge in [0.1, 0.15) is 0 Å². The molecule has 10 heteroatoms. The Morgan fingerprint density at radius 3 is 2.42 bits per heavy atom. The highest BCUT2D eigenvalue weighted by molar-refractivity contribution is 5.67. The summed E-state index contributed by atoms with van der Waals surface area (Å²) in [7, 11) is 1.00. The normalized spacial score (nSPS) is 45.1. The molecule has 12 atom stereocenters. The largest absolute Gasteiger partial charge is 0.481 e. The monoisotopic (exact) mass is 679 g/mol. The van der Waals surface area contributed by atoms with Crippen molar-refractivity contribution < 1.29 is 45.3 Å². The number of nitrogens with zero attached hydrogens (tertiary/aromatic N) is 1. The first-order valence-electron chi connectivity index (χ1n) is 18.8. The fraction of sp³-hybridized carbons (Fsp3) is 0.947. The van der Waals surface area contributed by atoms with E-state index in [1.165, 1.54) is 45.4 Å². The smallest absolute Gasteiger partial charge is 0.304 e. The van der Waals surface area contributed by atoms with E-state index < -0.39 is 17.7 Å². The van der Waals surface area contributed by atoms with Crippen molar-refractivity contribution in [1.82, 2.24) is 4.90 Å². The van der Waals surface area contributed by atoms with Gasteiger partial charge in [-0.2, -0.15) is 0 Å². The first-order valence-corrected chi connectivity index (χ1v) is 18.8. The zero-order valence-corrected chi connectivity index (χ0v) is 30.5. The van der Waals surface area contributed by atoms with Crippen molar-refractivity contribution >= 4 is 11.9 Å². The number of hydrogen-bond donors (Lipinski definition) is 3. The van der Waals surface area contributed by atoms with Gasteiger partial charge in [0.15, 0.2) is 12.4 Å². The summed E-state index contributed by atoms with van der Waals surface area (Å²) in [6.45, 7) is 14.9. The second-order valence-corrected chi connectivity index (χ2v) is 17.9. The summed E-state index contributed by atoms with van der Waals surface area (Å²) in [6.07, 6.45) is 11.1. The predicted octanol–water partition coefficient (Wildman–Crippen LogP) is 5.27. The average molecular weight is 680 g/mol. The molecule has 276 valence electrons. The molecule has 0 aromatic carbocycles. The van der Waals surface area contributed by atoms with E-state index in [2.05, 4.69) is 25.7 Å². The van der Waals surface area contributed by atoms with Crippen LogP contribution in [0.2, 0.25) is 0 Å². The van der Waals surface area contributed by atoms with Gasteiger partial charge in [0.25, 0.3) is 0 Å². The maximum Gasteiger partial charge on any atom is 0.304 e. The van der Waals surface area contributed by atoms with Gasteiger partial charge in [-0.3, -0.25) is 14.5 Å². The van der Waals surface area contributed by atoms with Gasteiger partial charge in [0, 0.05) is 35.1 Å². The highest BCUT2D eigenvalue weighted by Crippen LogP contribution is 2.87. The third-order valence-corrected chi connectivity index (χ3v) is 15.0. The Morgan fingerprint density at radius 2 is 1.73 bits per heavy atom. The molecule has 7 rings (SSSR count). The van der Waals surface area contributed by atoms with Crippen LogP contribution in [-0.2, 0) is 28.5 Å². The number of esters is 1. The number of morpholine rings is 1. The van der Waals surface area contributed by atoms with E-state index in [0.29, 0.717) is 48.3 Å². The maximum atomic E-state index is 11.9. The molecule has 3 N–H and O–H groups in total. The van der Waals surface area contributed by atoms with Crippen LogP contribution in [-0.4, -0.2) is 102 Å². The van der Waals surface area contributed by atoms with E-state index in [-0.39, 0.29) is 49.2 Å². The summed E-state index contributed by atoms with van der Waals surface area (Å²) in [6, 6.07) is 0. The highest BCUT2D eigenvalue weighted by Gasteiger charge is 2.80. The Kier molecular flexibility index (Phi) is 9.91. The lowest BCUT2D eigenvalue weighted by Crippen LogP contribution is -2.56. The quantitative estimate of drug-likeness (QED) is 0.292. The maximum absolute atomic E-state index is 11.9. The van der Waals surface area contributed by atoms with Gasteiger partial charge in [0.2, 0.25) is 0 Å². The predicted molar refractivity (Wildman–Crippen MR) is 181 cm³/mol. The fourth-order valence-electron chi connectivity index (χ4n) is 13.0. The van der Waals surface area contributed by atoms with Crippen molar-refractivity contribution in [3.8, 4) is 0 Å². The van der Waals surface area contributed by atoms with Gasteiger partial charge in [-0.05, 0) is 123 Å². The molecule has 2 aliphatic heterocycles. The van der Waals surface area contributed by atoms with E-state index >= 15 is 0 Å². The Hall–Kier alpha value is -1.30. The van der Waals surface area contributed by atoms with Gasteiger partial charge < -0.3 is 34.3 Å². The number of rotatable bonds is 8. The summed E-state index contributed by atoms with van der Waals surface area (Å²) in [4.78, 5) is 25.2. The summed E-state index contributed by atoms with van der Waals surface area (Å²) < 4.78 is 25.4. The molecule has 0 bridgehead atoms. The van der Waals surface area contributed by atoms with Gasteiger partial charge in [-0.15, -0.1) is 0 Å². The number of fused-ring (bicyclic) bond motifs is 4. The molecule has 2 heterocycles. The minimum atomic E-state index is -1.15. The Bertz CT molecular complexity index is 1210. The van der Waals surface area contributed by atoms with Crippen molar-refractivity contribution in [2.24, 2.45) is 45.3 Å². The topological polar surface area (TPSA) is 135 Å². The third-order valence-electron chi connectivity index (χ3n) is 15.0. The molecular weight excluding hydrogens is 614 g/mol. The van der Waals surface area contributed by atoms with Gasteiger partial charge in [-0.1, -0.05) is 20.8 Å². The molecule has 2 spiro atoms. The molecule has 5 aliphatic carbocycles. The molecule has 48 heavy (non-hydrogen) atoms. The van der Waals surface area contributed by atoms with E-state index in [9.17, 15) is 14.7 Å². The lowest BCUT2D eigenvalue weighted by atomic mass is 9.46. The Morgan fingerprint density at radius 1 is 1.00 bits per heavy atom. The third kappa shape index (κ3) is 5.96. The number of carbonyl (C=O) groups is 2. The Balaban J connectivity index is 0.00000153. The summed E-state index contributed by atoms with van der Waals surface area (Å²) >= 11 is 0. The molecule has 0 radical (unpaired) electrons. The number of carbonyl (C=O) groups excluding carboxylic acids is 1. The van der Waals surface area contributed by atoms with Crippen LogP contribution in [0.3, 0.4) is 0 Å². The van der Waals surface area contributed by atoms with E-state index in [1.807, 2.05) is 0 Å². The molecule has 0 aromatic heterocycles. The van der Waals surface area contributed by atoms with E-state index in [1.54, 1.807) is 13.8 Å². The molecule has 0 aromatic rings. The van der Waals surface area contributed by atoms with Crippen LogP contribution in [0.15, 0.2) is 0 Å². The number of hydrogen-bond acceptors (Lipinski definition) is 9. The second kappa shape index (κ2) is 13.0. The number of carboxylic acid groups (broad SMARTS) is 1. The second-order valence-electron chi connectivity index (χ2n) is 17.9. The van der Waals surface area contributed by atoms with Crippen LogP contribution in [0.1, 0.15) is 114 Å². The van der Waals surface area contributed by atoms with Crippen LogP contribution in [0.4, 0.5) is 0 Å². The molecule has 10 nitrogen and oxygen atoms in total. The van der Waals surface area contributed by atoms with Crippen LogP contribution in [0.5, 0.6) is 0 Å². The minimum absolute atomic E-state index is 0. The summed E-state index contributed by atoms with van der Waals surface area (Å²) in [5, 5.41) is 27.0.